The molecule has 1 saturated carbocycles. The largest absolute Gasteiger partial charge is 0.394 e. The van der Waals surface area contributed by atoms with Crippen LogP contribution in [0.1, 0.15) is 25.0 Å². The summed E-state index contributed by atoms with van der Waals surface area (Å²) in [6, 6.07) is 0. The zero-order valence-electron chi connectivity index (χ0n) is 12.5. The third-order valence-electron chi connectivity index (χ3n) is 5.02. The maximum atomic E-state index is 12.3. The fourth-order valence-corrected chi connectivity index (χ4v) is 4.13. The molecule has 1 saturated heterocycles. The third-order valence-corrected chi connectivity index (χ3v) is 5.65. The van der Waals surface area contributed by atoms with Gasteiger partial charge in [0.25, 0.3) is 0 Å². The van der Waals surface area contributed by atoms with Gasteiger partial charge in [-0.1, -0.05) is 0 Å². The number of likely N-dealkylation sites (tertiary alicyclic amines) is 1. The number of nitrogens with zero attached hydrogens (tertiary/aromatic N) is 2. The highest BCUT2D eigenvalue weighted by atomic mass is 32.1. The van der Waals surface area contributed by atoms with Gasteiger partial charge in [-0.25, -0.2) is 4.98 Å². The van der Waals surface area contributed by atoms with E-state index in [1.165, 1.54) is 11.3 Å². The molecule has 1 amide bonds. The summed E-state index contributed by atoms with van der Waals surface area (Å²) in [5, 5.41) is 21.0. The number of ether oxygens (including phenoxy) is 1. The number of aromatic nitrogens is 1. The van der Waals surface area contributed by atoms with Crippen molar-refractivity contribution in [3.05, 3.63) is 16.6 Å². The summed E-state index contributed by atoms with van der Waals surface area (Å²) >= 11 is 1.50. The highest BCUT2D eigenvalue weighted by Gasteiger charge is 2.56. The Labute approximate surface area is 133 Å². The van der Waals surface area contributed by atoms with E-state index in [1.807, 2.05) is 10.3 Å². The molecule has 0 unspecified atom stereocenters. The average molecular weight is 326 g/mol. The molecule has 0 radical (unpaired) electrons. The molecule has 0 bridgehead atoms. The Bertz CT molecular complexity index is 500. The molecule has 122 valence electrons. The van der Waals surface area contributed by atoms with Crippen LogP contribution in [0.15, 0.2) is 10.9 Å². The molecule has 2 aliphatic rings. The van der Waals surface area contributed by atoms with Crippen LogP contribution in [0.2, 0.25) is 0 Å². The van der Waals surface area contributed by atoms with E-state index in [9.17, 15) is 9.90 Å². The maximum Gasteiger partial charge on any atom is 0.228 e. The van der Waals surface area contributed by atoms with E-state index in [2.05, 4.69) is 4.98 Å². The van der Waals surface area contributed by atoms with Gasteiger partial charge in [0.2, 0.25) is 5.91 Å². The molecular formula is C15H22N2O4S. The second-order valence-electron chi connectivity index (χ2n) is 6.11. The van der Waals surface area contributed by atoms with Gasteiger partial charge < -0.3 is 19.8 Å². The van der Waals surface area contributed by atoms with Crippen molar-refractivity contribution in [2.24, 2.45) is 5.41 Å². The van der Waals surface area contributed by atoms with Crippen LogP contribution in [0.25, 0.3) is 0 Å². The van der Waals surface area contributed by atoms with Crippen molar-refractivity contribution in [2.45, 2.75) is 37.9 Å². The summed E-state index contributed by atoms with van der Waals surface area (Å²) < 4.78 is 5.65. The standard InChI is InChI=1S/C15H22N2O4S/c18-5-6-21-13-8-12(19)15(13)1-3-17(4-2-15)14(20)7-11-9-22-10-16-11/h9-10,12-13,18-19H,1-8H2/t12-,13+/m1/s1. The minimum atomic E-state index is -0.355. The number of hydrogen-bond acceptors (Lipinski definition) is 6. The Morgan fingerprint density at radius 3 is 2.86 bits per heavy atom. The minimum absolute atomic E-state index is 0.000920. The normalized spacial score (nSPS) is 26.9. The van der Waals surface area contributed by atoms with Gasteiger partial charge >= 0.3 is 0 Å². The first-order valence-corrected chi connectivity index (χ1v) is 8.65. The lowest BCUT2D eigenvalue weighted by molar-refractivity contribution is -0.213. The zero-order chi connectivity index (χ0) is 15.6. The fourth-order valence-electron chi connectivity index (χ4n) is 3.57. The molecule has 6 nitrogen and oxygen atoms in total. The van der Waals surface area contributed by atoms with Crippen LogP contribution in [-0.2, 0) is 16.0 Å². The van der Waals surface area contributed by atoms with Crippen LogP contribution >= 0.6 is 11.3 Å². The molecule has 1 aliphatic carbocycles. The van der Waals surface area contributed by atoms with Gasteiger partial charge in [0, 0.05) is 30.3 Å². The van der Waals surface area contributed by atoms with Crippen LogP contribution in [-0.4, -0.2) is 64.5 Å². The highest BCUT2D eigenvalue weighted by Crippen LogP contribution is 2.50. The molecule has 2 atom stereocenters. The molecule has 2 heterocycles. The number of amides is 1. The lowest BCUT2D eigenvalue weighted by atomic mass is 9.58. The number of carbonyl (C=O) groups excluding carboxylic acids is 1. The van der Waals surface area contributed by atoms with E-state index in [-0.39, 0.29) is 30.1 Å². The molecule has 2 fully saturated rings. The number of rotatable bonds is 5. The maximum absolute atomic E-state index is 12.3. The van der Waals surface area contributed by atoms with Crippen LogP contribution < -0.4 is 0 Å². The number of carbonyl (C=O) groups is 1. The number of aliphatic hydroxyl groups is 2. The predicted octanol–water partition coefficient (Wildman–Crippen LogP) is 0.437. The Balaban J connectivity index is 1.54. The summed E-state index contributed by atoms with van der Waals surface area (Å²) in [4.78, 5) is 18.3. The summed E-state index contributed by atoms with van der Waals surface area (Å²) in [5.41, 5.74) is 2.33. The molecule has 7 heteroatoms. The lowest BCUT2D eigenvalue weighted by Crippen LogP contribution is -2.63. The molecule has 2 N–H and O–H groups in total. The Hall–Kier alpha value is -1.02. The van der Waals surface area contributed by atoms with E-state index in [1.54, 1.807) is 5.51 Å². The van der Waals surface area contributed by atoms with Crippen LogP contribution in [0, 0.1) is 5.41 Å². The summed E-state index contributed by atoms with van der Waals surface area (Å²) in [6.07, 6.45) is 2.15. The first-order chi connectivity index (χ1) is 10.7. The van der Waals surface area contributed by atoms with E-state index in [0.29, 0.717) is 32.5 Å². The van der Waals surface area contributed by atoms with Crippen molar-refractivity contribution in [1.29, 1.82) is 0 Å². The van der Waals surface area contributed by atoms with E-state index < -0.39 is 0 Å². The smallest absolute Gasteiger partial charge is 0.228 e. The SMILES string of the molecule is O=C(Cc1cscn1)N1CCC2(CC1)[C@H](O)C[C@@H]2OCCO. The van der Waals surface area contributed by atoms with E-state index in [4.69, 9.17) is 9.84 Å². The lowest BCUT2D eigenvalue weighted by Gasteiger charge is -2.56. The van der Waals surface area contributed by atoms with Gasteiger partial charge in [-0.3, -0.25) is 4.79 Å². The van der Waals surface area contributed by atoms with Gasteiger partial charge in [0.05, 0.1) is 43.0 Å². The minimum Gasteiger partial charge on any atom is -0.394 e. The molecular weight excluding hydrogens is 304 g/mol. The zero-order valence-corrected chi connectivity index (χ0v) is 13.3. The summed E-state index contributed by atoms with van der Waals surface area (Å²) in [5.74, 6) is 0.0994. The van der Waals surface area contributed by atoms with Crippen LogP contribution in [0.4, 0.5) is 0 Å². The van der Waals surface area contributed by atoms with E-state index >= 15 is 0 Å². The van der Waals surface area contributed by atoms with Crippen LogP contribution in [0.3, 0.4) is 0 Å². The van der Waals surface area contributed by atoms with Gasteiger partial charge in [0.1, 0.15) is 0 Å². The second kappa shape index (κ2) is 6.62. The van der Waals surface area contributed by atoms with Gasteiger partial charge in [-0.05, 0) is 12.8 Å². The summed E-state index contributed by atoms with van der Waals surface area (Å²) in [7, 11) is 0. The molecule has 3 rings (SSSR count). The topological polar surface area (TPSA) is 82.9 Å². The molecule has 0 aromatic carbocycles. The second-order valence-corrected chi connectivity index (χ2v) is 6.82. The van der Waals surface area contributed by atoms with Gasteiger partial charge in [-0.15, -0.1) is 11.3 Å². The monoisotopic (exact) mass is 326 g/mol. The van der Waals surface area contributed by atoms with Crippen LogP contribution in [0.5, 0.6) is 0 Å². The summed E-state index contributed by atoms with van der Waals surface area (Å²) in [6.45, 7) is 1.62. The van der Waals surface area contributed by atoms with Crippen molar-refractivity contribution in [1.82, 2.24) is 9.88 Å². The Morgan fingerprint density at radius 1 is 1.50 bits per heavy atom. The number of aliphatic hydroxyl groups excluding tert-OH is 2. The number of thiazole rings is 1. The Morgan fingerprint density at radius 2 is 2.27 bits per heavy atom. The van der Waals surface area contributed by atoms with E-state index in [0.717, 1.165) is 18.5 Å². The van der Waals surface area contributed by atoms with Crippen molar-refractivity contribution in [3.63, 3.8) is 0 Å². The van der Waals surface area contributed by atoms with Crippen molar-refractivity contribution >= 4 is 17.2 Å². The number of hydrogen-bond donors (Lipinski definition) is 2. The average Bonchev–Trinajstić information content (AvgIpc) is 3.04. The highest BCUT2D eigenvalue weighted by molar-refractivity contribution is 7.07. The van der Waals surface area contributed by atoms with Crippen molar-refractivity contribution < 1.29 is 19.7 Å². The van der Waals surface area contributed by atoms with Crippen molar-refractivity contribution in [2.75, 3.05) is 26.3 Å². The fraction of sp³-hybridized carbons (Fsp3) is 0.733. The quantitative estimate of drug-likeness (QED) is 0.820. The molecule has 1 aromatic rings. The first-order valence-electron chi connectivity index (χ1n) is 7.71. The van der Waals surface area contributed by atoms with Gasteiger partial charge in [-0.2, -0.15) is 0 Å². The predicted molar refractivity (Wildman–Crippen MR) is 81.5 cm³/mol. The first kappa shape index (κ1) is 15.9. The molecule has 1 aliphatic heterocycles. The molecule has 1 aromatic heterocycles. The Kier molecular flexibility index (Phi) is 4.77. The van der Waals surface area contributed by atoms with Crippen molar-refractivity contribution in [3.8, 4) is 0 Å². The third kappa shape index (κ3) is 2.90. The molecule has 1 spiro atoms. The number of piperidine rings is 1. The van der Waals surface area contributed by atoms with Gasteiger partial charge in [0.15, 0.2) is 0 Å². The molecule has 22 heavy (non-hydrogen) atoms.